The fourth-order valence-corrected chi connectivity index (χ4v) is 6.68. The first kappa shape index (κ1) is 31.6. The molecule has 2 aliphatic rings. The van der Waals surface area contributed by atoms with Gasteiger partial charge in [-0.05, 0) is 101 Å². The quantitative estimate of drug-likeness (QED) is 0.399. The Balaban J connectivity index is 1.53. The molecule has 2 heterocycles. The van der Waals surface area contributed by atoms with E-state index in [1.807, 2.05) is 11.8 Å². The van der Waals surface area contributed by atoms with Crippen LogP contribution in [0.4, 0.5) is 8.78 Å². The van der Waals surface area contributed by atoms with Gasteiger partial charge in [0.2, 0.25) is 5.91 Å². The number of amides is 1. The van der Waals surface area contributed by atoms with E-state index in [0.29, 0.717) is 37.7 Å². The highest BCUT2D eigenvalue weighted by Crippen LogP contribution is 2.40. The van der Waals surface area contributed by atoms with Gasteiger partial charge in [-0.25, -0.2) is 8.78 Å². The molecule has 0 radical (unpaired) electrons. The van der Waals surface area contributed by atoms with Gasteiger partial charge in [0.25, 0.3) is 0 Å². The third-order valence-electron chi connectivity index (χ3n) is 9.36. The molecule has 226 valence electrons. The van der Waals surface area contributed by atoms with Crippen LogP contribution in [-0.2, 0) is 4.79 Å². The molecule has 0 aliphatic carbocycles. The van der Waals surface area contributed by atoms with Crippen LogP contribution in [0.2, 0.25) is 0 Å². The molecule has 0 unspecified atom stereocenters. The Morgan fingerprint density at radius 2 is 1.71 bits per heavy atom. The Hall–Kier alpha value is -2.35. The van der Waals surface area contributed by atoms with Crippen molar-refractivity contribution >= 4 is 5.91 Å². The van der Waals surface area contributed by atoms with Gasteiger partial charge < -0.3 is 16.0 Å². The fraction of sp³-hybridized carbons (Fsp3) is 0.618. The lowest BCUT2D eigenvalue weighted by Crippen LogP contribution is -2.44. The smallest absolute Gasteiger partial charge is 0.227 e. The van der Waals surface area contributed by atoms with Gasteiger partial charge in [0.15, 0.2) is 0 Å². The molecule has 2 aromatic carbocycles. The van der Waals surface area contributed by atoms with Crippen LogP contribution in [0.3, 0.4) is 0 Å². The number of carbonyl (C=O) groups excluding carboxylic acids is 1. The molecule has 41 heavy (non-hydrogen) atoms. The number of nitrogens with zero attached hydrogens (tertiary/aromatic N) is 2. The maximum absolute atomic E-state index is 14.9. The van der Waals surface area contributed by atoms with Crippen LogP contribution in [0.15, 0.2) is 30.3 Å². The molecule has 0 saturated carbocycles. The van der Waals surface area contributed by atoms with Crippen LogP contribution in [0, 0.1) is 31.4 Å². The van der Waals surface area contributed by atoms with Crippen molar-refractivity contribution in [3.63, 3.8) is 0 Å². The van der Waals surface area contributed by atoms with E-state index in [-0.39, 0.29) is 35.4 Å². The minimum atomic E-state index is -0.592. The average molecular weight is 569 g/mol. The number of piperidine rings is 1. The average Bonchev–Trinajstić information content (AvgIpc) is 3.36. The zero-order chi connectivity index (χ0) is 30.1. The largest absolute Gasteiger partial charge is 0.342 e. The van der Waals surface area contributed by atoms with Crippen molar-refractivity contribution in [2.45, 2.75) is 97.2 Å². The zero-order valence-electron chi connectivity index (χ0n) is 26.1. The first-order chi connectivity index (χ1) is 19.3. The van der Waals surface area contributed by atoms with Crippen molar-refractivity contribution in [2.24, 2.45) is 11.7 Å². The second-order valence-corrected chi connectivity index (χ2v) is 13.5. The van der Waals surface area contributed by atoms with Crippen LogP contribution >= 0.6 is 0 Å². The first-order valence-corrected chi connectivity index (χ1v) is 15.4. The highest BCUT2D eigenvalue weighted by atomic mass is 19.1. The molecule has 0 aromatic heterocycles. The van der Waals surface area contributed by atoms with Crippen LogP contribution in [0.1, 0.15) is 99.6 Å². The predicted octanol–water partition coefficient (Wildman–Crippen LogP) is 6.19. The summed E-state index contributed by atoms with van der Waals surface area (Å²) in [5.74, 6) is -1.34. The van der Waals surface area contributed by atoms with Crippen molar-refractivity contribution in [3.8, 4) is 0 Å². The normalized spacial score (nSPS) is 22.2. The molecule has 2 aliphatic heterocycles. The number of hydrogen-bond acceptors (Lipinski definition) is 4. The summed E-state index contributed by atoms with van der Waals surface area (Å²) in [5, 5.41) is 3.67. The number of hydrogen-bond donors (Lipinski definition) is 2. The van der Waals surface area contributed by atoms with E-state index < -0.39 is 11.6 Å². The summed E-state index contributed by atoms with van der Waals surface area (Å²) >= 11 is 0. The molecule has 2 fully saturated rings. The molecule has 0 spiro atoms. The Morgan fingerprint density at radius 1 is 1.05 bits per heavy atom. The van der Waals surface area contributed by atoms with Crippen LogP contribution in [0.5, 0.6) is 0 Å². The highest BCUT2D eigenvalue weighted by molar-refractivity contribution is 5.81. The van der Waals surface area contributed by atoms with Gasteiger partial charge in [-0.3, -0.25) is 9.69 Å². The van der Waals surface area contributed by atoms with Crippen molar-refractivity contribution < 1.29 is 13.6 Å². The maximum Gasteiger partial charge on any atom is 0.227 e. The van der Waals surface area contributed by atoms with Crippen LogP contribution < -0.4 is 11.1 Å². The summed E-state index contributed by atoms with van der Waals surface area (Å²) in [6.45, 7) is 18.2. The molecular formula is C34H50F2N4O. The second-order valence-electron chi connectivity index (χ2n) is 13.5. The minimum absolute atomic E-state index is 0.0882. The third kappa shape index (κ3) is 7.18. The lowest BCUT2D eigenvalue weighted by Gasteiger charge is -2.36. The third-order valence-corrected chi connectivity index (χ3v) is 9.36. The lowest BCUT2D eigenvalue weighted by molar-refractivity contribution is -0.136. The molecule has 1 amide bonds. The summed E-state index contributed by atoms with van der Waals surface area (Å²) in [7, 11) is 0. The van der Waals surface area contributed by atoms with E-state index in [2.05, 4.69) is 63.9 Å². The Kier molecular flexibility index (Phi) is 9.93. The van der Waals surface area contributed by atoms with E-state index in [4.69, 9.17) is 5.73 Å². The highest BCUT2D eigenvalue weighted by Gasteiger charge is 2.44. The summed E-state index contributed by atoms with van der Waals surface area (Å²) in [5.41, 5.74) is 11.7. The molecule has 5 nitrogen and oxygen atoms in total. The minimum Gasteiger partial charge on any atom is -0.342 e. The molecule has 7 heteroatoms. The number of likely N-dealkylation sites (tertiary alicyclic amines) is 2. The Morgan fingerprint density at radius 3 is 2.29 bits per heavy atom. The molecule has 0 bridgehead atoms. The van der Waals surface area contributed by atoms with Crippen molar-refractivity contribution in [1.82, 2.24) is 15.1 Å². The molecule has 4 rings (SSSR count). The molecular weight excluding hydrogens is 518 g/mol. The van der Waals surface area contributed by atoms with Gasteiger partial charge in [0, 0.05) is 62.3 Å². The Labute approximate surface area is 245 Å². The van der Waals surface area contributed by atoms with Crippen LogP contribution in [0.25, 0.3) is 0 Å². The lowest BCUT2D eigenvalue weighted by atomic mass is 9.81. The number of carbonyl (C=O) groups is 1. The van der Waals surface area contributed by atoms with E-state index in [9.17, 15) is 13.6 Å². The van der Waals surface area contributed by atoms with Gasteiger partial charge in [-0.2, -0.15) is 0 Å². The van der Waals surface area contributed by atoms with Gasteiger partial charge in [0.1, 0.15) is 11.6 Å². The van der Waals surface area contributed by atoms with Gasteiger partial charge in [-0.15, -0.1) is 0 Å². The van der Waals surface area contributed by atoms with Crippen molar-refractivity contribution in [1.29, 1.82) is 0 Å². The SMILES string of the molecule is CC[C@H](NC[C@H](C)N)c1cc(C)c(C)cc1C1CCN(C(=O)[C@@H]2CN(C(C)(C)C)C[C@H]2c2ccc(F)cc2F)CC1. The number of rotatable bonds is 8. The number of nitrogens with one attached hydrogen (secondary N) is 1. The number of aryl methyl sites for hydroxylation is 2. The Bertz CT molecular complexity index is 1220. The topological polar surface area (TPSA) is 61.6 Å². The molecule has 4 atom stereocenters. The van der Waals surface area contributed by atoms with E-state index in [0.717, 1.165) is 31.9 Å². The van der Waals surface area contributed by atoms with E-state index in [1.54, 1.807) is 0 Å². The van der Waals surface area contributed by atoms with Crippen molar-refractivity contribution in [2.75, 3.05) is 32.7 Å². The summed E-state index contributed by atoms with van der Waals surface area (Å²) < 4.78 is 28.7. The maximum atomic E-state index is 14.9. The van der Waals surface area contributed by atoms with Gasteiger partial charge in [0.05, 0.1) is 5.92 Å². The zero-order valence-corrected chi connectivity index (χ0v) is 26.1. The first-order valence-electron chi connectivity index (χ1n) is 15.4. The molecule has 2 saturated heterocycles. The summed E-state index contributed by atoms with van der Waals surface area (Å²) in [4.78, 5) is 18.3. The second kappa shape index (κ2) is 12.9. The summed E-state index contributed by atoms with van der Waals surface area (Å²) in [6.07, 6.45) is 2.78. The standard InChI is InChI=1S/C34H50F2N4O/c1-8-32(38-18-23(4)37)28-16-22(3)21(2)15-27(28)24-11-13-39(14-12-24)33(41)30-20-40(34(5,6)7)19-29(30)26-10-9-25(35)17-31(26)36/h9-10,15-17,23-24,29-30,32,38H,8,11-14,18-20,37H2,1-7H3/t23-,29-,30+,32-/m0/s1. The van der Waals surface area contributed by atoms with Gasteiger partial charge >= 0.3 is 0 Å². The number of nitrogens with two attached hydrogens (primary N) is 1. The fourth-order valence-electron chi connectivity index (χ4n) is 6.68. The van der Waals surface area contributed by atoms with Crippen LogP contribution in [-0.4, -0.2) is 60.0 Å². The van der Waals surface area contributed by atoms with E-state index >= 15 is 0 Å². The number of halogens is 2. The number of benzene rings is 2. The predicted molar refractivity (Wildman–Crippen MR) is 163 cm³/mol. The van der Waals surface area contributed by atoms with Gasteiger partial charge in [-0.1, -0.05) is 25.1 Å². The summed E-state index contributed by atoms with van der Waals surface area (Å²) in [6, 6.07) is 8.79. The molecule has 3 N–H and O–H groups in total. The molecule has 2 aromatic rings. The monoisotopic (exact) mass is 568 g/mol. The van der Waals surface area contributed by atoms with Crippen molar-refractivity contribution in [3.05, 3.63) is 69.8 Å². The van der Waals surface area contributed by atoms with E-state index in [1.165, 1.54) is 34.4 Å².